The SMILES string of the molecule is O=C(O)CCCOc1ccc(F)cc1F. The Hall–Kier alpha value is -1.65. The van der Waals surface area contributed by atoms with Gasteiger partial charge in [0.15, 0.2) is 11.6 Å². The lowest BCUT2D eigenvalue weighted by Crippen LogP contribution is -2.03. The minimum absolute atomic E-state index is 0.0389. The second kappa shape index (κ2) is 5.29. The average molecular weight is 216 g/mol. The molecule has 0 heterocycles. The largest absolute Gasteiger partial charge is 0.491 e. The molecule has 0 spiro atoms. The lowest BCUT2D eigenvalue weighted by Gasteiger charge is -2.05. The van der Waals surface area contributed by atoms with Crippen molar-refractivity contribution in [2.45, 2.75) is 12.8 Å². The molecule has 1 N–H and O–H groups in total. The summed E-state index contributed by atoms with van der Waals surface area (Å²) in [5.74, 6) is -2.46. The van der Waals surface area contributed by atoms with E-state index in [1.165, 1.54) is 6.07 Å². The van der Waals surface area contributed by atoms with Crippen LogP contribution in [0.1, 0.15) is 12.8 Å². The van der Waals surface area contributed by atoms with Crippen molar-refractivity contribution in [2.75, 3.05) is 6.61 Å². The van der Waals surface area contributed by atoms with Crippen LogP contribution in [-0.4, -0.2) is 17.7 Å². The maximum Gasteiger partial charge on any atom is 0.303 e. The van der Waals surface area contributed by atoms with Gasteiger partial charge < -0.3 is 9.84 Å². The normalized spacial score (nSPS) is 10.0. The first-order valence-electron chi connectivity index (χ1n) is 4.39. The third kappa shape index (κ3) is 3.93. The van der Waals surface area contributed by atoms with Gasteiger partial charge in [-0.25, -0.2) is 8.78 Å². The number of carboxylic acid groups (broad SMARTS) is 1. The van der Waals surface area contributed by atoms with Crippen LogP contribution in [0.4, 0.5) is 8.78 Å². The summed E-state index contributed by atoms with van der Waals surface area (Å²) in [6.07, 6.45) is 0.245. The minimum Gasteiger partial charge on any atom is -0.491 e. The second-order valence-corrected chi connectivity index (χ2v) is 2.92. The van der Waals surface area contributed by atoms with Gasteiger partial charge in [-0.3, -0.25) is 4.79 Å². The molecule has 0 atom stereocenters. The number of hydrogen-bond acceptors (Lipinski definition) is 2. The number of ether oxygens (including phenoxy) is 1. The minimum atomic E-state index is -0.932. The lowest BCUT2D eigenvalue weighted by atomic mass is 10.3. The van der Waals surface area contributed by atoms with Crippen molar-refractivity contribution < 1.29 is 23.4 Å². The van der Waals surface area contributed by atoms with Gasteiger partial charge in [-0.2, -0.15) is 0 Å². The molecule has 1 rings (SSSR count). The monoisotopic (exact) mass is 216 g/mol. The predicted octanol–water partition coefficient (Wildman–Crippen LogP) is 2.21. The third-order valence-corrected chi connectivity index (χ3v) is 1.69. The first kappa shape index (κ1) is 11.4. The number of carbonyl (C=O) groups is 1. The molecular formula is C10H10F2O3. The van der Waals surface area contributed by atoms with Crippen LogP contribution in [0, 0.1) is 11.6 Å². The van der Waals surface area contributed by atoms with E-state index in [4.69, 9.17) is 9.84 Å². The highest BCUT2D eigenvalue weighted by Crippen LogP contribution is 2.17. The van der Waals surface area contributed by atoms with Gasteiger partial charge in [-0.15, -0.1) is 0 Å². The smallest absolute Gasteiger partial charge is 0.303 e. The number of benzene rings is 1. The van der Waals surface area contributed by atoms with Gasteiger partial charge in [0.05, 0.1) is 6.61 Å². The van der Waals surface area contributed by atoms with Gasteiger partial charge in [0.2, 0.25) is 0 Å². The van der Waals surface area contributed by atoms with Gasteiger partial charge >= 0.3 is 5.97 Å². The average Bonchev–Trinajstić information content (AvgIpc) is 2.14. The molecule has 0 fully saturated rings. The van der Waals surface area contributed by atoms with Crippen molar-refractivity contribution in [1.82, 2.24) is 0 Å². The molecule has 0 saturated carbocycles. The van der Waals surface area contributed by atoms with E-state index >= 15 is 0 Å². The summed E-state index contributed by atoms with van der Waals surface area (Å²) < 4.78 is 30.4. The summed E-state index contributed by atoms with van der Waals surface area (Å²) in [5, 5.41) is 8.32. The highest BCUT2D eigenvalue weighted by molar-refractivity contribution is 5.66. The van der Waals surface area contributed by atoms with Crippen molar-refractivity contribution in [2.24, 2.45) is 0 Å². The first-order valence-corrected chi connectivity index (χ1v) is 4.39. The van der Waals surface area contributed by atoms with E-state index < -0.39 is 17.6 Å². The third-order valence-electron chi connectivity index (χ3n) is 1.69. The van der Waals surface area contributed by atoms with Crippen LogP contribution in [0.3, 0.4) is 0 Å². The highest BCUT2D eigenvalue weighted by atomic mass is 19.1. The van der Waals surface area contributed by atoms with E-state index in [9.17, 15) is 13.6 Å². The Morgan fingerprint density at radius 3 is 2.73 bits per heavy atom. The van der Waals surface area contributed by atoms with Crippen molar-refractivity contribution in [3.05, 3.63) is 29.8 Å². The topological polar surface area (TPSA) is 46.5 Å². The zero-order valence-electron chi connectivity index (χ0n) is 7.87. The fraction of sp³-hybridized carbons (Fsp3) is 0.300. The van der Waals surface area contributed by atoms with E-state index in [1.807, 2.05) is 0 Å². The van der Waals surface area contributed by atoms with E-state index in [-0.39, 0.29) is 25.2 Å². The molecule has 0 bridgehead atoms. The van der Waals surface area contributed by atoms with Crippen LogP contribution >= 0.6 is 0 Å². The number of carboxylic acids is 1. The molecule has 15 heavy (non-hydrogen) atoms. The summed E-state index contributed by atoms with van der Waals surface area (Å²) >= 11 is 0. The molecule has 0 aliphatic rings. The van der Waals surface area contributed by atoms with Crippen LogP contribution < -0.4 is 4.74 Å². The molecule has 1 aromatic rings. The molecule has 0 aliphatic heterocycles. The van der Waals surface area contributed by atoms with Crippen LogP contribution in [0.15, 0.2) is 18.2 Å². The van der Waals surface area contributed by atoms with Crippen LogP contribution in [-0.2, 0) is 4.79 Å². The van der Waals surface area contributed by atoms with Crippen LogP contribution in [0.5, 0.6) is 5.75 Å². The van der Waals surface area contributed by atoms with E-state index in [2.05, 4.69) is 0 Å². The Labute approximate surface area is 85.3 Å². The molecule has 0 radical (unpaired) electrons. The Kier molecular flexibility index (Phi) is 4.03. The Balaban J connectivity index is 2.40. The highest BCUT2D eigenvalue weighted by Gasteiger charge is 2.04. The molecule has 0 aromatic heterocycles. The fourth-order valence-corrected chi connectivity index (χ4v) is 0.998. The summed E-state index contributed by atoms with van der Waals surface area (Å²) in [7, 11) is 0. The lowest BCUT2D eigenvalue weighted by molar-refractivity contribution is -0.137. The Morgan fingerprint density at radius 1 is 1.40 bits per heavy atom. The van der Waals surface area contributed by atoms with Crippen molar-refractivity contribution in [1.29, 1.82) is 0 Å². The van der Waals surface area contributed by atoms with Crippen LogP contribution in [0.25, 0.3) is 0 Å². The number of aliphatic carboxylic acids is 1. The molecule has 0 amide bonds. The fourth-order valence-electron chi connectivity index (χ4n) is 0.998. The maximum absolute atomic E-state index is 13.0. The maximum atomic E-state index is 13.0. The summed E-state index contributed by atoms with van der Waals surface area (Å²) in [6, 6.07) is 2.97. The Bertz CT molecular complexity index is 353. The zero-order chi connectivity index (χ0) is 11.3. The van der Waals surface area contributed by atoms with Gasteiger partial charge in [-0.05, 0) is 18.6 Å². The molecule has 0 unspecified atom stereocenters. The molecule has 3 nitrogen and oxygen atoms in total. The van der Waals surface area contributed by atoms with Gasteiger partial charge in [0.25, 0.3) is 0 Å². The summed E-state index contributed by atoms with van der Waals surface area (Å²) in [4.78, 5) is 10.1. The molecule has 1 aromatic carbocycles. The first-order chi connectivity index (χ1) is 7.09. The molecule has 0 saturated heterocycles. The number of hydrogen-bond donors (Lipinski definition) is 1. The van der Waals surface area contributed by atoms with Gasteiger partial charge in [-0.1, -0.05) is 0 Å². The molecular weight excluding hydrogens is 206 g/mol. The van der Waals surface area contributed by atoms with Crippen molar-refractivity contribution in [3.8, 4) is 5.75 Å². The van der Waals surface area contributed by atoms with Crippen molar-refractivity contribution >= 4 is 5.97 Å². The molecule has 5 heteroatoms. The van der Waals surface area contributed by atoms with Crippen molar-refractivity contribution in [3.63, 3.8) is 0 Å². The van der Waals surface area contributed by atoms with Gasteiger partial charge in [0.1, 0.15) is 5.82 Å². The number of halogens is 2. The van der Waals surface area contributed by atoms with E-state index in [0.29, 0.717) is 6.07 Å². The van der Waals surface area contributed by atoms with E-state index in [1.54, 1.807) is 0 Å². The summed E-state index contributed by atoms with van der Waals surface area (Å²) in [5.41, 5.74) is 0. The number of rotatable bonds is 5. The molecule has 82 valence electrons. The quantitative estimate of drug-likeness (QED) is 0.767. The standard InChI is InChI=1S/C10H10F2O3/c11-7-3-4-9(8(12)6-7)15-5-1-2-10(13)14/h3-4,6H,1-2,5H2,(H,13,14). The van der Waals surface area contributed by atoms with Gasteiger partial charge in [0, 0.05) is 12.5 Å². The summed E-state index contributed by atoms with van der Waals surface area (Å²) in [6.45, 7) is 0.0921. The zero-order valence-corrected chi connectivity index (χ0v) is 7.87. The Morgan fingerprint density at radius 2 is 2.13 bits per heavy atom. The second-order valence-electron chi connectivity index (χ2n) is 2.92. The predicted molar refractivity (Wildman–Crippen MR) is 48.7 cm³/mol. The van der Waals surface area contributed by atoms with Crippen LogP contribution in [0.2, 0.25) is 0 Å². The molecule has 0 aliphatic carbocycles. The van der Waals surface area contributed by atoms with E-state index in [0.717, 1.165) is 6.07 Å².